The Morgan fingerprint density at radius 1 is 1.43 bits per heavy atom. The third-order valence-electron chi connectivity index (χ3n) is 4.13. The molecule has 0 radical (unpaired) electrons. The summed E-state index contributed by atoms with van der Waals surface area (Å²) in [5.41, 5.74) is 1.82. The van der Waals surface area contributed by atoms with Crippen molar-refractivity contribution in [3.05, 3.63) is 35.9 Å². The van der Waals surface area contributed by atoms with E-state index in [9.17, 15) is 5.11 Å². The third kappa shape index (κ3) is 2.35. The summed E-state index contributed by atoms with van der Waals surface area (Å²) < 4.78 is 7.19. The second kappa shape index (κ2) is 5.31. The average molecular weight is 314 g/mol. The number of aliphatic hydroxyl groups excluding tert-OH is 1. The van der Waals surface area contributed by atoms with Crippen LogP contribution in [0.15, 0.2) is 23.0 Å². The summed E-state index contributed by atoms with van der Waals surface area (Å²) in [6.07, 6.45) is 4.33. The zero-order valence-corrected chi connectivity index (χ0v) is 13.0. The number of aliphatic hydroxyl groups is 1. The first-order valence-corrected chi connectivity index (χ1v) is 7.74. The molecule has 0 bridgehead atoms. The van der Waals surface area contributed by atoms with Crippen molar-refractivity contribution in [2.24, 2.45) is 0 Å². The average Bonchev–Trinajstić information content (AvgIpc) is 3.22. The maximum atomic E-state index is 10.2. The van der Waals surface area contributed by atoms with E-state index < -0.39 is 6.10 Å². The molecular formula is C15H18N6O2. The fraction of sp³-hybridized carbons (Fsp3) is 0.467. The molecule has 1 fully saturated rings. The van der Waals surface area contributed by atoms with Crippen LogP contribution in [0.4, 0.5) is 5.82 Å². The zero-order valence-electron chi connectivity index (χ0n) is 13.0. The van der Waals surface area contributed by atoms with Gasteiger partial charge in [0, 0.05) is 31.8 Å². The molecule has 0 unspecified atom stereocenters. The Balaban J connectivity index is 1.78. The van der Waals surface area contributed by atoms with Gasteiger partial charge in [-0.05, 0) is 13.0 Å². The van der Waals surface area contributed by atoms with Crippen molar-refractivity contribution in [1.82, 2.24) is 24.7 Å². The Morgan fingerprint density at radius 3 is 3.09 bits per heavy atom. The Bertz CT molecular complexity index is 841. The van der Waals surface area contributed by atoms with Gasteiger partial charge in [0.05, 0.1) is 11.8 Å². The normalized spacial score (nSPS) is 21.4. The zero-order chi connectivity index (χ0) is 16.0. The molecule has 0 aliphatic carbocycles. The molecule has 23 heavy (non-hydrogen) atoms. The lowest BCUT2D eigenvalue weighted by Crippen LogP contribution is -2.26. The van der Waals surface area contributed by atoms with Crippen molar-refractivity contribution >= 4 is 11.3 Å². The number of β-amino-alcohol motifs (C(OH)–C–C–N with tert-alkyl or cyclic N) is 1. The van der Waals surface area contributed by atoms with Gasteiger partial charge in [-0.15, -0.1) is 0 Å². The molecule has 1 aliphatic rings. The summed E-state index contributed by atoms with van der Waals surface area (Å²) in [6.45, 7) is 4.40. The smallest absolute Gasteiger partial charge is 0.249 e. The maximum absolute atomic E-state index is 10.2. The lowest BCUT2D eigenvalue weighted by atomic mass is 10.2. The van der Waals surface area contributed by atoms with Gasteiger partial charge < -0.3 is 14.5 Å². The standard InChI is InChI=1S/C15H18N6O2/c1-3-13-17-15(23-19-13)12-7-10(22)8-20(12)14-11-6-9(2)18-21(11)5-4-16-14/h4-6,10,12,22H,3,7-8H2,1-2H3/t10-,12+/m0/s1. The van der Waals surface area contributed by atoms with E-state index in [-0.39, 0.29) is 6.04 Å². The Hall–Kier alpha value is -2.48. The molecule has 8 nitrogen and oxygen atoms in total. The number of aromatic nitrogens is 5. The monoisotopic (exact) mass is 314 g/mol. The number of anilines is 1. The summed E-state index contributed by atoms with van der Waals surface area (Å²) in [4.78, 5) is 11.0. The predicted octanol–water partition coefficient (Wildman–Crippen LogP) is 1.30. The molecule has 1 aliphatic heterocycles. The summed E-state index contributed by atoms with van der Waals surface area (Å²) in [5, 5.41) is 18.5. The first-order chi connectivity index (χ1) is 11.2. The minimum atomic E-state index is -0.456. The lowest BCUT2D eigenvalue weighted by molar-refractivity contribution is 0.191. The highest BCUT2D eigenvalue weighted by Gasteiger charge is 2.37. The number of nitrogens with zero attached hydrogens (tertiary/aromatic N) is 6. The largest absolute Gasteiger partial charge is 0.391 e. The predicted molar refractivity (Wildman–Crippen MR) is 82.1 cm³/mol. The molecule has 4 rings (SSSR count). The van der Waals surface area contributed by atoms with Gasteiger partial charge in [-0.3, -0.25) is 0 Å². The highest BCUT2D eigenvalue weighted by Crippen LogP contribution is 2.36. The van der Waals surface area contributed by atoms with Gasteiger partial charge in [-0.1, -0.05) is 12.1 Å². The SMILES string of the molecule is CCc1noc([C@H]2C[C@H](O)CN2c2nccn3nc(C)cc23)n1. The van der Waals surface area contributed by atoms with Crippen molar-refractivity contribution < 1.29 is 9.63 Å². The minimum Gasteiger partial charge on any atom is -0.391 e. The number of aryl methyl sites for hydroxylation is 2. The highest BCUT2D eigenvalue weighted by atomic mass is 16.5. The molecule has 120 valence electrons. The van der Waals surface area contributed by atoms with Crippen molar-refractivity contribution in [3.8, 4) is 0 Å². The summed E-state index contributed by atoms with van der Waals surface area (Å²) >= 11 is 0. The van der Waals surface area contributed by atoms with Gasteiger partial charge in [0.25, 0.3) is 0 Å². The van der Waals surface area contributed by atoms with Crippen molar-refractivity contribution in [2.75, 3.05) is 11.4 Å². The first kappa shape index (κ1) is 14.1. The number of hydrogen-bond donors (Lipinski definition) is 1. The van der Waals surface area contributed by atoms with Gasteiger partial charge in [-0.2, -0.15) is 10.1 Å². The molecular weight excluding hydrogens is 296 g/mol. The summed E-state index contributed by atoms with van der Waals surface area (Å²) in [6, 6.07) is 1.81. The number of rotatable bonds is 3. The van der Waals surface area contributed by atoms with Crippen LogP contribution in [0.25, 0.3) is 5.52 Å². The van der Waals surface area contributed by atoms with E-state index in [1.165, 1.54) is 0 Å². The fourth-order valence-corrected chi connectivity index (χ4v) is 3.08. The van der Waals surface area contributed by atoms with E-state index in [1.54, 1.807) is 10.7 Å². The highest BCUT2D eigenvalue weighted by molar-refractivity contribution is 5.70. The molecule has 0 spiro atoms. The Morgan fingerprint density at radius 2 is 2.30 bits per heavy atom. The van der Waals surface area contributed by atoms with Crippen LogP contribution in [-0.4, -0.2) is 42.5 Å². The van der Waals surface area contributed by atoms with E-state index in [0.717, 1.165) is 17.0 Å². The summed E-state index contributed by atoms with van der Waals surface area (Å²) in [7, 11) is 0. The number of fused-ring (bicyclic) bond motifs is 1. The maximum Gasteiger partial charge on any atom is 0.249 e. The van der Waals surface area contributed by atoms with E-state index in [1.807, 2.05) is 31.0 Å². The lowest BCUT2D eigenvalue weighted by Gasteiger charge is -2.23. The molecule has 4 heterocycles. The molecule has 0 aromatic carbocycles. The van der Waals surface area contributed by atoms with Gasteiger partial charge in [0.1, 0.15) is 11.6 Å². The Labute approximate surface area is 132 Å². The van der Waals surface area contributed by atoms with Crippen LogP contribution >= 0.6 is 0 Å². The molecule has 3 aromatic heterocycles. The van der Waals surface area contributed by atoms with Gasteiger partial charge in [0.2, 0.25) is 5.89 Å². The van der Waals surface area contributed by atoms with Crippen LogP contribution < -0.4 is 4.90 Å². The molecule has 1 saturated heterocycles. The molecule has 8 heteroatoms. The summed E-state index contributed by atoms with van der Waals surface area (Å²) in [5.74, 6) is 1.97. The number of hydrogen-bond acceptors (Lipinski definition) is 7. The first-order valence-electron chi connectivity index (χ1n) is 7.74. The van der Waals surface area contributed by atoms with Crippen molar-refractivity contribution in [3.63, 3.8) is 0 Å². The van der Waals surface area contributed by atoms with Crippen molar-refractivity contribution in [1.29, 1.82) is 0 Å². The fourth-order valence-electron chi connectivity index (χ4n) is 3.08. The van der Waals surface area contributed by atoms with Gasteiger partial charge >= 0.3 is 0 Å². The van der Waals surface area contributed by atoms with E-state index in [2.05, 4.69) is 20.2 Å². The van der Waals surface area contributed by atoms with Gasteiger partial charge in [0.15, 0.2) is 11.6 Å². The van der Waals surface area contributed by atoms with Crippen LogP contribution in [0.5, 0.6) is 0 Å². The molecule has 0 saturated carbocycles. The second-order valence-electron chi connectivity index (χ2n) is 5.83. The minimum absolute atomic E-state index is 0.174. The van der Waals surface area contributed by atoms with E-state index >= 15 is 0 Å². The van der Waals surface area contributed by atoms with Crippen LogP contribution in [0.3, 0.4) is 0 Å². The molecule has 2 atom stereocenters. The molecule has 0 amide bonds. The van der Waals surface area contributed by atoms with Crippen LogP contribution in [0.1, 0.15) is 36.8 Å². The van der Waals surface area contributed by atoms with Crippen LogP contribution in [0, 0.1) is 6.92 Å². The molecule has 3 aromatic rings. The second-order valence-corrected chi connectivity index (χ2v) is 5.83. The topological polar surface area (TPSA) is 92.6 Å². The molecule has 1 N–H and O–H groups in total. The third-order valence-corrected chi connectivity index (χ3v) is 4.13. The van der Waals surface area contributed by atoms with Crippen LogP contribution in [0.2, 0.25) is 0 Å². The quantitative estimate of drug-likeness (QED) is 0.778. The van der Waals surface area contributed by atoms with Crippen molar-refractivity contribution in [2.45, 2.75) is 38.8 Å². The Kier molecular flexibility index (Phi) is 3.26. The van der Waals surface area contributed by atoms with E-state index in [4.69, 9.17) is 4.52 Å². The van der Waals surface area contributed by atoms with Gasteiger partial charge in [-0.25, -0.2) is 9.50 Å². The van der Waals surface area contributed by atoms with Crippen LogP contribution in [-0.2, 0) is 6.42 Å². The van der Waals surface area contributed by atoms with E-state index in [0.29, 0.717) is 31.1 Å².